The number of methoxy groups -OCH3 is 2. The van der Waals surface area contributed by atoms with Crippen molar-refractivity contribution in [1.29, 1.82) is 0 Å². The first-order valence-corrected chi connectivity index (χ1v) is 9.87. The summed E-state index contributed by atoms with van der Waals surface area (Å²) < 4.78 is 10.0. The highest BCUT2D eigenvalue weighted by molar-refractivity contribution is 6.91. The first kappa shape index (κ1) is 16.5. The highest BCUT2D eigenvalue weighted by Crippen LogP contribution is 2.28. The third-order valence-corrected chi connectivity index (χ3v) is 7.87. The molecule has 0 aromatic heterocycles. The molecule has 0 fully saturated rings. The van der Waals surface area contributed by atoms with Crippen molar-refractivity contribution in [2.75, 3.05) is 14.2 Å². The molecule has 0 saturated carbocycles. The van der Waals surface area contributed by atoms with E-state index >= 15 is 0 Å². The number of hydrogen-bond donors (Lipinski definition) is 0. The van der Waals surface area contributed by atoms with Gasteiger partial charge in [-0.15, -0.1) is 0 Å². The van der Waals surface area contributed by atoms with E-state index in [1.165, 1.54) is 12.3 Å². The second-order valence-electron chi connectivity index (χ2n) is 5.36. The summed E-state index contributed by atoms with van der Waals surface area (Å²) in [5.41, 5.74) is 0.230. The van der Waals surface area contributed by atoms with E-state index in [2.05, 4.69) is 31.3 Å². The zero-order chi connectivity index (χ0) is 15.2. The fraction of sp³-hybridized carbons (Fsp3) is 0.438. The Morgan fingerprint density at radius 3 is 2.30 bits per heavy atom. The summed E-state index contributed by atoms with van der Waals surface area (Å²) in [6, 6.07) is 8.18. The second-order valence-corrected chi connectivity index (χ2v) is 10.1. The molecule has 0 heterocycles. The minimum atomic E-state index is -1.79. The Bertz CT molecular complexity index is 463. The summed E-state index contributed by atoms with van der Waals surface area (Å²) in [5, 5.41) is 1.31. The first-order valence-electron chi connectivity index (χ1n) is 6.79. The van der Waals surface area contributed by atoms with E-state index in [1.807, 2.05) is 25.1 Å². The first-order chi connectivity index (χ1) is 9.45. The lowest BCUT2D eigenvalue weighted by Gasteiger charge is -2.30. The van der Waals surface area contributed by atoms with Crippen LogP contribution in [0.2, 0.25) is 18.6 Å². The fourth-order valence-corrected chi connectivity index (χ4v) is 5.10. The van der Waals surface area contributed by atoms with Crippen molar-refractivity contribution in [1.82, 2.24) is 0 Å². The molecule has 4 heteroatoms. The van der Waals surface area contributed by atoms with Gasteiger partial charge in [0.05, 0.1) is 22.3 Å². The summed E-state index contributed by atoms with van der Waals surface area (Å²) in [6.07, 6.45) is 4.59. The molecule has 1 rings (SSSR count). The minimum Gasteiger partial charge on any atom is -0.497 e. The molecule has 1 atom stereocenters. The maximum absolute atomic E-state index is 11.6. The molecule has 0 N–H and O–H groups in total. The van der Waals surface area contributed by atoms with Crippen LogP contribution in [0.4, 0.5) is 0 Å². The zero-order valence-electron chi connectivity index (χ0n) is 13.0. The van der Waals surface area contributed by atoms with Crippen molar-refractivity contribution >= 4 is 19.2 Å². The molecule has 3 nitrogen and oxygen atoms in total. The van der Waals surface area contributed by atoms with Gasteiger partial charge in [0, 0.05) is 6.42 Å². The van der Waals surface area contributed by atoms with Crippen LogP contribution in [0.5, 0.6) is 5.75 Å². The van der Waals surface area contributed by atoms with E-state index in [4.69, 9.17) is 9.47 Å². The molecular weight excluding hydrogens is 268 g/mol. The van der Waals surface area contributed by atoms with E-state index in [9.17, 15) is 4.79 Å². The molecule has 0 saturated heterocycles. The number of rotatable bonds is 6. The topological polar surface area (TPSA) is 35.5 Å². The molecule has 0 aliphatic carbocycles. The van der Waals surface area contributed by atoms with Crippen molar-refractivity contribution < 1.29 is 14.3 Å². The predicted octanol–water partition coefficient (Wildman–Crippen LogP) is 3.12. The van der Waals surface area contributed by atoms with Gasteiger partial charge in [0.15, 0.2) is 0 Å². The van der Waals surface area contributed by atoms with Crippen molar-refractivity contribution in [2.45, 2.75) is 32.0 Å². The lowest BCUT2D eigenvalue weighted by Crippen LogP contribution is -2.46. The van der Waals surface area contributed by atoms with Crippen LogP contribution in [0.3, 0.4) is 0 Å². The van der Waals surface area contributed by atoms with Gasteiger partial charge in [-0.05, 0) is 24.6 Å². The number of allylic oxidation sites excluding steroid dienone is 2. The number of benzene rings is 1. The van der Waals surface area contributed by atoms with E-state index < -0.39 is 8.07 Å². The fourth-order valence-electron chi connectivity index (χ4n) is 2.29. The molecule has 0 amide bonds. The van der Waals surface area contributed by atoms with Crippen LogP contribution in [0, 0.1) is 0 Å². The highest BCUT2D eigenvalue weighted by Gasteiger charge is 2.33. The third kappa shape index (κ3) is 3.97. The molecular formula is C16H24O3Si. The summed E-state index contributed by atoms with van der Waals surface area (Å²) >= 11 is 0. The highest BCUT2D eigenvalue weighted by atomic mass is 28.3. The monoisotopic (exact) mass is 292 g/mol. The molecule has 1 unspecified atom stereocenters. The summed E-state index contributed by atoms with van der Waals surface area (Å²) in [5.74, 6) is 0.705. The minimum absolute atomic E-state index is 0.151. The number of ether oxygens (including phenoxy) is 2. The Hall–Kier alpha value is -1.55. The van der Waals surface area contributed by atoms with Crippen LogP contribution in [-0.4, -0.2) is 28.3 Å². The average Bonchev–Trinajstić information content (AvgIpc) is 2.46. The Morgan fingerprint density at radius 2 is 1.85 bits per heavy atom. The molecule has 110 valence electrons. The van der Waals surface area contributed by atoms with Crippen LogP contribution in [0.15, 0.2) is 36.4 Å². The summed E-state index contributed by atoms with van der Waals surface area (Å²) in [7, 11) is 1.32. The van der Waals surface area contributed by atoms with Crippen LogP contribution >= 0.6 is 0 Å². The van der Waals surface area contributed by atoms with E-state index in [0.29, 0.717) is 6.42 Å². The Kier molecular flexibility index (Phi) is 6.01. The van der Waals surface area contributed by atoms with Crippen molar-refractivity contribution in [2.24, 2.45) is 0 Å². The van der Waals surface area contributed by atoms with Crippen molar-refractivity contribution in [3.63, 3.8) is 0 Å². The van der Waals surface area contributed by atoms with Crippen LogP contribution in [-0.2, 0) is 9.53 Å². The lowest BCUT2D eigenvalue weighted by molar-refractivity contribution is -0.140. The van der Waals surface area contributed by atoms with Gasteiger partial charge in [-0.25, -0.2) is 0 Å². The molecule has 0 spiro atoms. The average molecular weight is 292 g/mol. The van der Waals surface area contributed by atoms with Gasteiger partial charge < -0.3 is 9.47 Å². The normalized spacial score (nSPS) is 13.2. The molecule has 1 aromatic carbocycles. The molecule has 0 bridgehead atoms. The molecule has 1 aromatic rings. The number of hydrogen-bond acceptors (Lipinski definition) is 3. The van der Waals surface area contributed by atoms with Crippen LogP contribution in [0.25, 0.3) is 0 Å². The van der Waals surface area contributed by atoms with Gasteiger partial charge in [0.1, 0.15) is 5.75 Å². The van der Waals surface area contributed by atoms with E-state index in [-0.39, 0.29) is 11.5 Å². The zero-order valence-corrected chi connectivity index (χ0v) is 14.0. The molecule has 20 heavy (non-hydrogen) atoms. The molecule has 0 radical (unpaired) electrons. The maximum atomic E-state index is 11.6. The number of carbonyl (C=O) groups is 1. The van der Waals surface area contributed by atoms with E-state index in [1.54, 1.807) is 7.11 Å². The molecule has 0 aliphatic rings. The van der Waals surface area contributed by atoms with Gasteiger partial charge in [-0.1, -0.05) is 42.6 Å². The van der Waals surface area contributed by atoms with Gasteiger partial charge >= 0.3 is 5.97 Å². The number of esters is 1. The second kappa shape index (κ2) is 7.29. The Labute approximate surface area is 122 Å². The van der Waals surface area contributed by atoms with Gasteiger partial charge in [0.2, 0.25) is 0 Å². The van der Waals surface area contributed by atoms with E-state index in [0.717, 1.165) is 5.75 Å². The van der Waals surface area contributed by atoms with Gasteiger partial charge in [0.25, 0.3) is 0 Å². The quantitative estimate of drug-likeness (QED) is 0.459. The Morgan fingerprint density at radius 1 is 1.25 bits per heavy atom. The predicted molar refractivity (Wildman–Crippen MR) is 85.3 cm³/mol. The lowest BCUT2D eigenvalue weighted by atomic mass is 10.3. The van der Waals surface area contributed by atoms with Gasteiger partial charge in [-0.3, -0.25) is 4.79 Å². The largest absolute Gasteiger partial charge is 0.497 e. The summed E-state index contributed by atoms with van der Waals surface area (Å²) in [6.45, 7) is 6.55. The molecule has 0 aliphatic heterocycles. The van der Waals surface area contributed by atoms with Crippen molar-refractivity contribution in [3.8, 4) is 5.75 Å². The maximum Gasteiger partial charge on any atom is 0.305 e. The standard InChI is InChI=1S/C16H24O3Si/c1-6-7-15(12-16(17)19-3)20(4,5)14-10-8-13(18-2)9-11-14/h6-11,15H,12H2,1-5H3/b7-6+. The number of carbonyl (C=O) groups excluding carboxylic acids is 1. The van der Waals surface area contributed by atoms with Crippen molar-refractivity contribution in [3.05, 3.63) is 36.4 Å². The SMILES string of the molecule is C/C=C/C(CC(=O)OC)[Si](C)(C)c1ccc(OC)cc1. The smallest absolute Gasteiger partial charge is 0.305 e. The summed E-state index contributed by atoms with van der Waals surface area (Å²) in [4.78, 5) is 11.6. The van der Waals surface area contributed by atoms with Gasteiger partial charge in [-0.2, -0.15) is 0 Å². The third-order valence-electron chi connectivity index (χ3n) is 3.80. The van der Waals surface area contributed by atoms with Crippen LogP contribution in [0.1, 0.15) is 13.3 Å². The van der Waals surface area contributed by atoms with Crippen LogP contribution < -0.4 is 9.92 Å². The Balaban J connectivity index is 3.04.